The maximum absolute atomic E-state index is 12.3. The van der Waals surface area contributed by atoms with Gasteiger partial charge < -0.3 is 5.32 Å². The first-order valence-corrected chi connectivity index (χ1v) is 7.70. The fraction of sp³-hybridized carbons (Fsp3) is 0.263. The zero-order chi connectivity index (χ0) is 16.8. The van der Waals surface area contributed by atoms with Gasteiger partial charge in [-0.3, -0.25) is 14.9 Å². The van der Waals surface area contributed by atoms with Crippen molar-refractivity contribution >= 4 is 17.4 Å². The van der Waals surface area contributed by atoms with Gasteiger partial charge in [0, 0.05) is 17.3 Å². The van der Waals surface area contributed by atoms with E-state index in [1.165, 1.54) is 6.92 Å². The summed E-state index contributed by atoms with van der Waals surface area (Å²) in [6, 6.07) is 16.6. The smallest absolute Gasteiger partial charge is 0.241 e. The predicted molar refractivity (Wildman–Crippen MR) is 92.5 cm³/mol. The topological polar surface area (TPSA) is 58.2 Å². The first-order chi connectivity index (χ1) is 11.0. The van der Waals surface area contributed by atoms with E-state index in [2.05, 4.69) is 10.6 Å². The lowest BCUT2D eigenvalue weighted by Gasteiger charge is -2.20. The minimum atomic E-state index is -0.355. The van der Waals surface area contributed by atoms with Gasteiger partial charge >= 0.3 is 0 Å². The van der Waals surface area contributed by atoms with Crippen molar-refractivity contribution in [1.29, 1.82) is 0 Å². The first kappa shape index (κ1) is 16.9. The van der Waals surface area contributed by atoms with E-state index in [9.17, 15) is 9.59 Å². The molecule has 2 aromatic carbocycles. The molecule has 0 aromatic heterocycles. The molecule has 2 N–H and O–H groups in total. The van der Waals surface area contributed by atoms with Crippen molar-refractivity contribution in [2.75, 3.05) is 5.32 Å². The second kappa shape index (κ2) is 7.70. The van der Waals surface area contributed by atoms with E-state index < -0.39 is 0 Å². The summed E-state index contributed by atoms with van der Waals surface area (Å²) in [4.78, 5) is 23.7. The van der Waals surface area contributed by atoms with Crippen molar-refractivity contribution in [3.8, 4) is 0 Å². The Kier molecular flexibility index (Phi) is 5.66. The van der Waals surface area contributed by atoms with Crippen LogP contribution >= 0.6 is 0 Å². The normalized spacial score (nSPS) is 13.2. The highest BCUT2D eigenvalue weighted by molar-refractivity contribution is 5.98. The summed E-state index contributed by atoms with van der Waals surface area (Å²) in [5.74, 6) is -0.154. The van der Waals surface area contributed by atoms with Gasteiger partial charge in [-0.05, 0) is 38.5 Å². The molecule has 0 saturated carbocycles. The number of ketones is 1. The molecule has 1 amide bonds. The maximum Gasteiger partial charge on any atom is 0.241 e. The van der Waals surface area contributed by atoms with Crippen LogP contribution in [0, 0.1) is 0 Å². The molecule has 0 aliphatic rings. The number of hydrogen-bond donors (Lipinski definition) is 2. The van der Waals surface area contributed by atoms with Crippen LogP contribution in [0.3, 0.4) is 0 Å². The number of benzene rings is 2. The molecule has 23 heavy (non-hydrogen) atoms. The second-order valence-corrected chi connectivity index (χ2v) is 5.65. The van der Waals surface area contributed by atoms with Gasteiger partial charge in [0.1, 0.15) is 0 Å². The number of carbonyl (C=O) groups excluding carboxylic acids is 2. The van der Waals surface area contributed by atoms with Crippen molar-refractivity contribution in [3.05, 3.63) is 65.7 Å². The van der Waals surface area contributed by atoms with Crippen molar-refractivity contribution in [3.63, 3.8) is 0 Å². The molecule has 2 atom stereocenters. The van der Waals surface area contributed by atoms with Crippen molar-refractivity contribution in [2.24, 2.45) is 0 Å². The summed E-state index contributed by atoms with van der Waals surface area (Å²) in [5, 5.41) is 6.11. The Hall–Kier alpha value is -2.46. The van der Waals surface area contributed by atoms with Crippen LogP contribution in [0.5, 0.6) is 0 Å². The van der Waals surface area contributed by atoms with Crippen LogP contribution in [-0.4, -0.2) is 17.7 Å². The molecule has 4 nitrogen and oxygen atoms in total. The SMILES string of the molecule is CC(=O)c1cccc(NC(=O)[C@H](C)N[C@H](C)c2ccccc2)c1. The number of nitrogens with one attached hydrogen (secondary N) is 2. The third kappa shape index (κ3) is 4.76. The maximum atomic E-state index is 12.3. The lowest BCUT2D eigenvalue weighted by atomic mass is 10.1. The Morgan fingerprint density at radius 3 is 2.30 bits per heavy atom. The van der Waals surface area contributed by atoms with Crippen LogP contribution < -0.4 is 10.6 Å². The second-order valence-electron chi connectivity index (χ2n) is 5.65. The largest absolute Gasteiger partial charge is 0.325 e. The van der Waals surface area contributed by atoms with Crippen LogP contribution in [0.2, 0.25) is 0 Å². The molecule has 0 aliphatic heterocycles. The standard InChI is InChI=1S/C19H22N2O2/c1-13(16-8-5-4-6-9-16)20-14(2)19(23)21-18-11-7-10-17(12-18)15(3)22/h4-14,20H,1-3H3,(H,21,23)/t13-,14+/m1/s1. The zero-order valence-electron chi connectivity index (χ0n) is 13.7. The minimum Gasteiger partial charge on any atom is -0.325 e. The lowest BCUT2D eigenvalue weighted by molar-refractivity contribution is -0.117. The van der Waals surface area contributed by atoms with Crippen molar-refractivity contribution in [2.45, 2.75) is 32.9 Å². The highest BCUT2D eigenvalue weighted by Crippen LogP contribution is 2.14. The molecule has 2 aromatic rings. The van der Waals surface area contributed by atoms with Crippen LogP contribution in [0.15, 0.2) is 54.6 Å². The fourth-order valence-corrected chi connectivity index (χ4v) is 2.36. The molecule has 0 heterocycles. The van der Waals surface area contributed by atoms with E-state index in [1.807, 2.05) is 44.2 Å². The molecule has 0 bridgehead atoms. The van der Waals surface area contributed by atoms with Crippen LogP contribution in [0.25, 0.3) is 0 Å². The molecule has 0 aliphatic carbocycles. The molecule has 120 valence electrons. The third-order valence-corrected chi connectivity index (χ3v) is 3.73. The quantitative estimate of drug-likeness (QED) is 0.802. The number of hydrogen-bond acceptors (Lipinski definition) is 3. The van der Waals surface area contributed by atoms with Gasteiger partial charge in [-0.2, -0.15) is 0 Å². The summed E-state index contributed by atoms with van der Waals surface area (Å²) in [7, 11) is 0. The van der Waals surface area contributed by atoms with Gasteiger partial charge in [0.2, 0.25) is 5.91 Å². The molecular formula is C19H22N2O2. The summed E-state index contributed by atoms with van der Waals surface area (Å²) >= 11 is 0. The van der Waals surface area contributed by atoms with Crippen LogP contribution in [-0.2, 0) is 4.79 Å². The Balaban J connectivity index is 1.97. The number of anilines is 1. The Bertz CT molecular complexity index is 683. The number of rotatable bonds is 6. The summed E-state index contributed by atoms with van der Waals surface area (Å²) in [5.41, 5.74) is 2.34. The number of carbonyl (C=O) groups is 2. The van der Waals surface area contributed by atoms with Crippen LogP contribution in [0.4, 0.5) is 5.69 Å². The van der Waals surface area contributed by atoms with Gasteiger partial charge in [-0.15, -0.1) is 0 Å². The number of amides is 1. The van der Waals surface area contributed by atoms with Gasteiger partial charge in [0.05, 0.1) is 6.04 Å². The monoisotopic (exact) mass is 310 g/mol. The van der Waals surface area contributed by atoms with Gasteiger partial charge in [0.25, 0.3) is 0 Å². The molecule has 0 fully saturated rings. The van der Waals surface area contributed by atoms with E-state index in [1.54, 1.807) is 24.3 Å². The molecule has 0 unspecified atom stereocenters. The van der Waals surface area contributed by atoms with E-state index in [0.717, 1.165) is 5.56 Å². The van der Waals surface area contributed by atoms with Gasteiger partial charge in [-0.1, -0.05) is 42.5 Å². The summed E-state index contributed by atoms with van der Waals surface area (Å²) in [6.07, 6.45) is 0. The molecular weight excluding hydrogens is 288 g/mol. The zero-order valence-corrected chi connectivity index (χ0v) is 13.7. The Morgan fingerprint density at radius 1 is 0.957 bits per heavy atom. The average Bonchev–Trinajstić information content (AvgIpc) is 2.55. The molecule has 0 saturated heterocycles. The highest BCUT2D eigenvalue weighted by Gasteiger charge is 2.16. The molecule has 2 rings (SSSR count). The average molecular weight is 310 g/mol. The molecule has 4 heteroatoms. The number of Topliss-reactive ketones (excluding diaryl/α,β-unsaturated/α-hetero) is 1. The predicted octanol–water partition coefficient (Wildman–Crippen LogP) is 3.57. The molecule has 0 spiro atoms. The van der Waals surface area contributed by atoms with E-state index in [0.29, 0.717) is 11.3 Å². The first-order valence-electron chi connectivity index (χ1n) is 7.70. The van der Waals surface area contributed by atoms with E-state index >= 15 is 0 Å². The lowest BCUT2D eigenvalue weighted by Crippen LogP contribution is -2.39. The third-order valence-electron chi connectivity index (χ3n) is 3.73. The van der Waals surface area contributed by atoms with E-state index in [-0.39, 0.29) is 23.8 Å². The Labute approximate surface area is 136 Å². The van der Waals surface area contributed by atoms with Gasteiger partial charge in [-0.25, -0.2) is 0 Å². The summed E-state index contributed by atoms with van der Waals surface area (Å²) < 4.78 is 0. The van der Waals surface area contributed by atoms with E-state index in [4.69, 9.17) is 0 Å². The highest BCUT2D eigenvalue weighted by atomic mass is 16.2. The fourth-order valence-electron chi connectivity index (χ4n) is 2.36. The van der Waals surface area contributed by atoms with Gasteiger partial charge in [0.15, 0.2) is 5.78 Å². The molecule has 0 radical (unpaired) electrons. The van der Waals surface area contributed by atoms with Crippen LogP contribution in [0.1, 0.15) is 42.7 Å². The summed E-state index contributed by atoms with van der Waals surface area (Å²) in [6.45, 7) is 5.35. The minimum absolute atomic E-state index is 0.0232. The Morgan fingerprint density at radius 2 is 1.65 bits per heavy atom. The van der Waals surface area contributed by atoms with Crippen molar-refractivity contribution < 1.29 is 9.59 Å². The van der Waals surface area contributed by atoms with Crippen molar-refractivity contribution in [1.82, 2.24) is 5.32 Å².